The lowest BCUT2D eigenvalue weighted by molar-refractivity contribution is 0.00187. The van der Waals surface area contributed by atoms with E-state index in [1.165, 1.54) is 0 Å². The predicted molar refractivity (Wildman–Crippen MR) is 63.1 cm³/mol. The molecule has 0 saturated heterocycles. The van der Waals surface area contributed by atoms with Gasteiger partial charge in [-0.05, 0) is 13.0 Å². The van der Waals surface area contributed by atoms with Gasteiger partial charge in [-0.1, -0.05) is 13.8 Å². The van der Waals surface area contributed by atoms with Crippen molar-refractivity contribution in [1.82, 2.24) is 4.90 Å². The normalized spacial score (nSPS) is 15.6. The summed E-state index contributed by atoms with van der Waals surface area (Å²) in [7, 11) is 3.45. The number of methoxy groups -OCH3 is 2. The molecule has 2 N–H and O–H groups in total. The molecule has 0 spiro atoms. The van der Waals surface area contributed by atoms with Gasteiger partial charge in [-0.2, -0.15) is 0 Å². The summed E-state index contributed by atoms with van der Waals surface area (Å²) < 4.78 is 10.4. The number of hydrogen-bond acceptors (Lipinski definition) is 4. The monoisotopic (exact) mass is 218 g/mol. The maximum Gasteiger partial charge on any atom is 0.0658 e. The minimum Gasteiger partial charge on any atom is -0.383 e. The zero-order valence-electron chi connectivity index (χ0n) is 10.6. The largest absolute Gasteiger partial charge is 0.383 e. The summed E-state index contributed by atoms with van der Waals surface area (Å²) in [6.45, 7) is 8.21. The summed E-state index contributed by atoms with van der Waals surface area (Å²) in [5.41, 5.74) is 5.85. The quantitative estimate of drug-likeness (QED) is 0.619. The molecule has 4 heteroatoms. The molecule has 0 rings (SSSR count). The van der Waals surface area contributed by atoms with E-state index in [4.69, 9.17) is 15.2 Å². The van der Waals surface area contributed by atoms with Gasteiger partial charge in [-0.3, -0.25) is 4.90 Å². The lowest BCUT2D eigenvalue weighted by Crippen LogP contribution is -2.57. The molecule has 0 radical (unpaired) electrons. The van der Waals surface area contributed by atoms with Crippen molar-refractivity contribution in [2.45, 2.75) is 25.8 Å². The summed E-state index contributed by atoms with van der Waals surface area (Å²) in [5.74, 6) is 0. The van der Waals surface area contributed by atoms with Crippen LogP contribution < -0.4 is 5.73 Å². The van der Waals surface area contributed by atoms with E-state index in [-0.39, 0.29) is 5.54 Å². The van der Waals surface area contributed by atoms with Gasteiger partial charge in [0.25, 0.3) is 0 Å². The third-order valence-corrected chi connectivity index (χ3v) is 3.07. The maximum atomic E-state index is 5.89. The fourth-order valence-electron chi connectivity index (χ4n) is 1.95. The second-order valence-corrected chi connectivity index (χ2v) is 3.79. The van der Waals surface area contributed by atoms with E-state index >= 15 is 0 Å². The van der Waals surface area contributed by atoms with E-state index in [1.54, 1.807) is 14.2 Å². The molecule has 1 unspecified atom stereocenters. The fourth-order valence-corrected chi connectivity index (χ4v) is 1.95. The zero-order chi connectivity index (χ0) is 11.7. The highest BCUT2D eigenvalue weighted by atomic mass is 16.5. The molecule has 0 aromatic carbocycles. The van der Waals surface area contributed by atoms with Crippen molar-refractivity contribution in [3.8, 4) is 0 Å². The third-order valence-electron chi connectivity index (χ3n) is 3.07. The zero-order valence-corrected chi connectivity index (χ0v) is 10.6. The van der Waals surface area contributed by atoms with Gasteiger partial charge in [0.05, 0.1) is 18.8 Å². The van der Waals surface area contributed by atoms with Crippen LogP contribution in [-0.4, -0.2) is 57.5 Å². The summed E-state index contributed by atoms with van der Waals surface area (Å²) in [5, 5.41) is 0. The first kappa shape index (κ1) is 14.8. The van der Waals surface area contributed by atoms with Crippen LogP contribution in [0, 0.1) is 0 Å². The number of nitrogens with two attached hydrogens (primary N) is 1. The minimum absolute atomic E-state index is 0.0397. The Morgan fingerprint density at radius 3 is 2.20 bits per heavy atom. The number of nitrogens with zero attached hydrogens (tertiary/aromatic N) is 1. The van der Waals surface area contributed by atoms with Crippen LogP contribution in [0.2, 0.25) is 0 Å². The van der Waals surface area contributed by atoms with Crippen LogP contribution in [0.5, 0.6) is 0 Å². The molecule has 0 aliphatic heterocycles. The average Bonchev–Trinajstić information content (AvgIpc) is 2.28. The Labute approximate surface area is 93.7 Å². The van der Waals surface area contributed by atoms with Gasteiger partial charge in [-0.15, -0.1) is 0 Å². The molecule has 0 saturated carbocycles. The molecule has 0 fully saturated rings. The van der Waals surface area contributed by atoms with Gasteiger partial charge in [-0.25, -0.2) is 0 Å². The van der Waals surface area contributed by atoms with Crippen molar-refractivity contribution in [2.24, 2.45) is 5.73 Å². The lowest BCUT2D eigenvalue weighted by Gasteiger charge is -2.41. The molecule has 0 heterocycles. The first-order valence-corrected chi connectivity index (χ1v) is 5.63. The molecule has 4 nitrogen and oxygen atoms in total. The Balaban J connectivity index is 4.51. The minimum atomic E-state index is -0.0397. The average molecular weight is 218 g/mol. The summed E-state index contributed by atoms with van der Waals surface area (Å²) in [6, 6.07) is 0. The number of likely N-dealkylation sites (N-methyl/N-ethyl adjacent to an activating group) is 1. The SMILES string of the molecule is CCN(CCOC)C(CC)(CN)COC. The standard InChI is InChI=1S/C11H26N2O2/c1-5-11(9-12,10-15-4)13(6-2)7-8-14-3/h5-10,12H2,1-4H3. The highest BCUT2D eigenvalue weighted by molar-refractivity contribution is 4.90. The van der Waals surface area contributed by atoms with Gasteiger partial charge in [0.15, 0.2) is 0 Å². The van der Waals surface area contributed by atoms with Crippen molar-refractivity contribution in [3.63, 3.8) is 0 Å². The Morgan fingerprint density at radius 1 is 1.20 bits per heavy atom. The molecule has 1 atom stereocenters. The van der Waals surface area contributed by atoms with Gasteiger partial charge in [0.1, 0.15) is 0 Å². The van der Waals surface area contributed by atoms with E-state index in [1.807, 2.05) is 0 Å². The smallest absolute Gasteiger partial charge is 0.0658 e. The van der Waals surface area contributed by atoms with Crippen molar-refractivity contribution >= 4 is 0 Å². The second kappa shape index (κ2) is 8.05. The summed E-state index contributed by atoms with van der Waals surface area (Å²) in [6.07, 6.45) is 0.995. The summed E-state index contributed by atoms with van der Waals surface area (Å²) in [4.78, 5) is 2.35. The van der Waals surface area contributed by atoms with Crippen LogP contribution in [0.15, 0.2) is 0 Å². The Hall–Kier alpha value is -0.160. The second-order valence-electron chi connectivity index (χ2n) is 3.79. The van der Waals surface area contributed by atoms with Crippen LogP contribution in [-0.2, 0) is 9.47 Å². The van der Waals surface area contributed by atoms with Crippen molar-refractivity contribution < 1.29 is 9.47 Å². The van der Waals surface area contributed by atoms with Crippen LogP contribution in [0.1, 0.15) is 20.3 Å². The topological polar surface area (TPSA) is 47.7 Å². The third kappa shape index (κ3) is 4.07. The first-order chi connectivity index (χ1) is 7.20. The number of hydrogen-bond donors (Lipinski definition) is 1. The van der Waals surface area contributed by atoms with Crippen molar-refractivity contribution in [1.29, 1.82) is 0 Å². The van der Waals surface area contributed by atoms with Crippen LogP contribution >= 0.6 is 0 Å². The van der Waals surface area contributed by atoms with Gasteiger partial charge < -0.3 is 15.2 Å². The summed E-state index contributed by atoms with van der Waals surface area (Å²) >= 11 is 0. The highest BCUT2D eigenvalue weighted by Crippen LogP contribution is 2.18. The van der Waals surface area contributed by atoms with Crippen LogP contribution in [0.25, 0.3) is 0 Å². The van der Waals surface area contributed by atoms with Gasteiger partial charge in [0.2, 0.25) is 0 Å². The molecule has 0 aliphatic carbocycles. The number of ether oxygens (including phenoxy) is 2. The van der Waals surface area contributed by atoms with Crippen LogP contribution in [0.3, 0.4) is 0 Å². The Bertz CT molecular complexity index is 150. The molecular formula is C11H26N2O2. The van der Waals surface area contributed by atoms with Crippen LogP contribution in [0.4, 0.5) is 0 Å². The Kier molecular flexibility index (Phi) is 7.96. The van der Waals surface area contributed by atoms with Gasteiger partial charge >= 0.3 is 0 Å². The first-order valence-electron chi connectivity index (χ1n) is 5.63. The highest BCUT2D eigenvalue weighted by Gasteiger charge is 2.32. The van der Waals surface area contributed by atoms with Crippen molar-refractivity contribution in [2.75, 3.05) is 47.1 Å². The van der Waals surface area contributed by atoms with E-state index < -0.39 is 0 Å². The molecule has 0 aromatic rings. The molecule has 0 amide bonds. The molecule has 15 heavy (non-hydrogen) atoms. The molecular weight excluding hydrogens is 192 g/mol. The molecule has 92 valence electrons. The molecule has 0 aliphatic rings. The van der Waals surface area contributed by atoms with Gasteiger partial charge in [0, 0.05) is 27.3 Å². The number of rotatable bonds is 9. The molecule has 0 bridgehead atoms. The van der Waals surface area contributed by atoms with E-state index in [0.717, 1.165) is 26.1 Å². The van der Waals surface area contributed by atoms with Crippen molar-refractivity contribution in [3.05, 3.63) is 0 Å². The molecule has 0 aromatic heterocycles. The van der Waals surface area contributed by atoms with E-state index in [9.17, 15) is 0 Å². The fraction of sp³-hybridized carbons (Fsp3) is 1.00. The lowest BCUT2D eigenvalue weighted by atomic mass is 9.94. The van der Waals surface area contributed by atoms with E-state index in [2.05, 4.69) is 18.7 Å². The Morgan fingerprint density at radius 2 is 1.87 bits per heavy atom. The predicted octanol–water partition coefficient (Wildman–Crippen LogP) is 0.709. The maximum absolute atomic E-state index is 5.89. The van der Waals surface area contributed by atoms with E-state index in [0.29, 0.717) is 13.2 Å².